The highest BCUT2D eigenvalue weighted by Crippen LogP contribution is 2.55. The number of H-pyrrole nitrogens is 1. The number of aliphatic hydroxyl groups excluding tert-OH is 4. The van der Waals surface area contributed by atoms with Gasteiger partial charge in [0.25, 0.3) is 5.91 Å². The van der Waals surface area contributed by atoms with Gasteiger partial charge in [-0.05, 0) is 90.1 Å². The molecule has 8 atom stereocenters. The first kappa shape index (κ1) is 41.4. The largest absolute Gasteiger partial charge is 0.506 e. The number of phenols is 1. The zero-order chi connectivity index (χ0) is 43.7. The van der Waals surface area contributed by atoms with E-state index in [1.807, 2.05) is 42.6 Å². The van der Waals surface area contributed by atoms with Gasteiger partial charge in [-0.25, -0.2) is 0 Å². The molecule has 2 bridgehead atoms. The maximum Gasteiger partial charge on any atom is 0.254 e. The lowest BCUT2D eigenvalue weighted by molar-refractivity contribution is -0.329. The van der Waals surface area contributed by atoms with E-state index < -0.39 is 54.4 Å². The van der Waals surface area contributed by atoms with Crippen molar-refractivity contribution in [3.05, 3.63) is 111 Å². The van der Waals surface area contributed by atoms with Crippen LogP contribution in [-0.4, -0.2) is 116 Å². The SMILES string of the molecule is COc1cc2c3c(c(C(=O)CN4Cc5ccccc5C4=O)c(O)c2c2c1/C=C/[C@H](c1c[nH]c4ccc(CCCO)cc14)OC[C@H]1O[C@H](O2)[C@@](O)(CO)[C@@H](O)[C@@H]1O)[C@@H]1CCC[C@@H]1C=C3. The fourth-order valence-corrected chi connectivity index (χ4v) is 10.5. The van der Waals surface area contributed by atoms with E-state index in [0.29, 0.717) is 40.7 Å². The Labute approximate surface area is 362 Å². The summed E-state index contributed by atoms with van der Waals surface area (Å²) in [4.78, 5) is 33.3. The Morgan fingerprint density at radius 1 is 1.03 bits per heavy atom. The average molecular weight is 859 g/mol. The van der Waals surface area contributed by atoms with Crippen LogP contribution in [0.3, 0.4) is 0 Å². The average Bonchev–Trinajstić information content (AvgIpc) is 4.03. The summed E-state index contributed by atoms with van der Waals surface area (Å²) in [6, 6.07) is 15.0. The number of ketones is 1. The molecule has 10 rings (SSSR count). The Hall–Kier alpha value is -5.58. The van der Waals surface area contributed by atoms with Gasteiger partial charge >= 0.3 is 0 Å². The molecule has 0 unspecified atom stereocenters. The highest BCUT2D eigenvalue weighted by Gasteiger charge is 2.57. The third-order valence-corrected chi connectivity index (χ3v) is 13.8. The van der Waals surface area contributed by atoms with Gasteiger partial charge in [-0.2, -0.15) is 0 Å². The highest BCUT2D eigenvalue weighted by atomic mass is 16.7. The number of hydrogen-bond donors (Lipinski definition) is 7. The smallest absolute Gasteiger partial charge is 0.254 e. The summed E-state index contributed by atoms with van der Waals surface area (Å²) in [7, 11) is 1.48. The number of phenolic OH excluding ortho intramolecular Hbond substituents is 1. The number of aliphatic hydroxyl groups is 5. The molecule has 14 heteroatoms. The number of rotatable bonds is 9. The second kappa shape index (κ2) is 16.2. The lowest BCUT2D eigenvalue weighted by Crippen LogP contribution is -2.69. The molecule has 2 fully saturated rings. The van der Waals surface area contributed by atoms with Crippen LogP contribution in [0.15, 0.2) is 66.9 Å². The van der Waals surface area contributed by atoms with Crippen LogP contribution >= 0.6 is 0 Å². The number of ether oxygens (including phenoxy) is 4. The lowest BCUT2D eigenvalue weighted by Gasteiger charge is -2.47. The van der Waals surface area contributed by atoms with Crippen LogP contribution in [0.2, 0.25) is 0 Å². The number of allylic oxidation sites excluding steroid dienone is 1. The predicted octanol–water partition coefficient (Wildman–Crippen LogP) is 5.04. The minimum absolute atomic E-state index is 0.0464. The van der Waals surface area contributed by atoms with E-state index in [0.717, 1.165) is 46.9 Å². The van der Waals surface area contributed by atoms with Crippen LogP contribution in [-0.2, 0) is 22.4 Å². The molecule has 5 aromatic rings. The normalized spacial score (nSPS) is 27.9. The third-order valence-electron chi connectivity index (χ3n) is 13.8. The molecule has 63 heavy (non-hydrogen) atoms. The number of aryl methyl sites for hydroxylation is 1. The molecule has 4 heterocycles. The standard InChI is InChI=1S/C49H50N2O12/c1-60-38-19-33-30-13-12-26-8-4-10-28(26)40(30)42(36(54)22-51-21-27-7-2-3-9-29(27)47(51)58)44(56)41(33)45-31(38)14-16-37(34-20-50-35-15-11-25(6-5-17-52)18-32(34)35)61-23-39-43(55)46(57)49(59,24-53)48(62-39)63-45/h2-3,7,9,11-16,18-20,26,28,37,39,43,46,48,50,52-53,55-57,59H,4-6,8,10,17,21-24H2,1H3/b16-14+/t26-,28-,37-,39-,43-,46+,48-,49-/m1/s1. The summed E-state index contributed by atoms with van der Waals surface area (Å²) in [6.07, 6.45) is 5.55. The van der Waals surface area contributed by atoms with Crippen LogP contribution in [0.1, 0.15) is 91.8 Å². The van der Waals surface area contributed by atoms with Crippen LogP contribution in [0.4, 0.5) is 0 Å². The molecule has 7 N–H and O–H groups in total. The molecule has 1 amide bonds. The molecule has 14 nitrogen and oxygen atoms in total. The molecule has 0 spiro atoms. The molecule has 1 saturated heterocycles. The van der Waals surface area contributed by atoms with Crippen LogP contribution in [0.5, 0.6) is 17.2 Å². The molecule has 0 radical (unpaired) electrons. The number of hydrogen-bond acceptors (Lipinski definition) is 12. The van der Waals surface area contributed by atoms with Crippen LogP contribution < -0.4 is 9.47 Å². The fraction of sp³-hybridized carbons (Fsp3) is 0.388. The summed E-state index contributed by atoms with van der Waals surface area (Å²) in [5.74, 6) is -0.901. The highest BCUT2D eigenvalue weighted by molar-refractivity contribution is 6.14. The first-order valence-electron chi connectivity index (χ1n) is 21.6. The second-order valence-corrected chi connectivity index (χ2v) is 17.4. The molecular formula is C49H50N2O12. The summed E-state index contributed by atoms with van der Waals surface area (Å²) >= 11 is 0. The molecule has 3 aliphatic heterocycles. The van der Waals surface area contributed by atoms with Gasteiger partial charge in [-0.15, -0.1) is 0 Å². The molecular weight excluding hydrogens is 809 g/mol. The maximum absolute atomic E-state index is 14.9. The van der Waals surface area contributed by atoms with Crippen molar-refractivity contribution < 1.29 is 59.2 Å². The minimum atomic E-state index is -2.58. The molecule has 2 aliphatic carbocycles. The molecule has 5 aliphatic rings. The molecule has 328 valence electrons. The van der Waals surface area contributed by atoms with Gasteiger partial charge in [0.15, 0.2) is 11.4 Å². The maximum atomic E-state index is 14.9. The van der Waals surface area contributed by atoms with Crippen molar-refractivity contribution >= 4 is 45.5 Å². The summed E-state index contributed by atoms with van der Waals surface area (Å²) in [5, 5.41) is 69.1. The van der Waals surface area contributed by atoms with Crippen molar-refractivity contribution in [1.29, 1.82) is 0 Å². The van der Waals surface area contributed by atoms with Gasteiger partial charge in [0.2, 0.25) is 6.29 Å². The van der Waals surface area contributed by atoms with Crippen molar-refractivity contribution in [3.63, 3.8) is 0 Å². The van der Waals surface area contributed by atoms with E-state index in [9.17, 15) is 40.2 Å². The van der Waals surface area contributed by atoms with E-state index in [4.69, 9.17) is 18.9 Å². The molecule has 1 saturated carbocycles. The number of aromatic amines is 1. The number of aromatic hydroxyl groups is 1. The van der Waals surface area contributed by atoms with Crippen molar-refractivity contribution in [2.75, 3.05) is 33.5 Å². The Bertz CT molecular complexity index is 2710. The van der Waals surface area contributed by atoms with Gasteiger partial charge < -0.3 is 59.5 Å². The van der Waals surface area contributed by atoms with Gasteiger partial charge in [-0.1, -0.05) is 48.9 Å². The predicted molar refractivity (Wildman–Crippen MR) is 232 cm³/mol. The van der Waals surface area contributed by atoms with E-state index in [-0.39, 0.29) is 66.3 Å². The first-order chi connectivity index (χ1) is 30.5. The Kier molecular flexibility index (Phi) is 10.7. The number of benzene rings is 4. The van der Waals surface area contributed by atoms with Gasteiger partial charge in [0, 0.05) is 46.8 Å². The summed E-state index contributed by atoms with van der Waals surface area (Å²) < 4.78 is 25.4. The number of amides is 1. The quantitative estimate of drug-likeness (QED) is 0.0973. The monoisotopic (exact) mass is 858 g/mol. The number of aromatic nitrogens is 1. The first-order valence-corrected chi connectivity index (χ1v) is 21.6. The van der Waals surface area contributed by atoms with E-state index >= 15 is 0 Å². The van der Waals surface area contributed by atoms with E-state index in [2.05, 4.69) is 11.1 Å². The molecule has 1 aromatic heterocycles. The summed E-state index contributed by atoms with van der Waals surface area (Å²) in [6.45, 7) is -1.39. The van der Waals surface area contributed by atoms with Crippen LogP contribution in [0.25, 0.3) is 33.8 Å². The second-order valence-electron chi connectivity index (χ2n) is 17.4. The van der Waals surface area contributed by atoms with Crippen LogP contribution in [0, 0.1) is 5.92 Å². The number of Topliss-reactive ketones (excluding diaryl/α,β-unsaturated/α-hetero) is 1. The number of methoxy groups -OCH3 is 1. The Morgan fingerprint density at radius 3 is 2.65 bits per heavy atom. The number of nitrogens with zero attached hydrogens (tertiary/aromatic N) is 1. The van der Waals surface area contributed by atoms with E-state index in [1.54, 1.807) is 30.4 Å². The number of nitrogens with one attached hydrogen (secondary N) is 1. The van der Waals surface area contributed by atoms with Crippen molar-refractivity contribution in [1.82, 2.24) is 9.88 Å². The third kappa shape index (κ3) is 6.74. The van der Waals surface area contributed by atoms with E-state index in [1.165, 1.54) is 12.0 Å². The van der Waals surface area contributed by atoms with Crippen molar-refractivity contribution in [2.24, 2.45) is 5.92 Å². The number of carbonyl (C=O) groups excluding carboxylic acids is 2. The number of carbonyl (C=O) groups is 2. The van der Waals surface area contributed by atoms with Gasteiger partial charge in [0.1, 0.15) is 41.7 Å². The Balaban J connectivity index is 1.19. The lowest BCUT2D eigenvalue weighted by atomic mass is 9.75. The van der Waals surface area contributed by atoms with Crippen molar-refractivity contribution in [2.45, 2.75) is 80.9 Å². The fourth-order valence-electron chi connectivity index (χ4n) is 10.5. The zero-order valence-corrected chi connectivity index (χ0v) is 34.7. The Morgan fingerprint density at radius 2 is 1.86 bits per heavy atom. The van der Waals surface area contributed by atoms with Gasteiger partial charge in [0.05, 0.1) is 43.4 Å². The van der Waals surface area contributed by atoms with Gasteiger partial charge in [-0.3, -0.25) is 9.59 Å². The zero-order valence-electron chi connectivity index (χ0n) is 34.7. The topological polar surface area (TPSA) is 211 Å². The number of fused-ring (bicyclic) bond motifs is 11. The molecule has 4 aromatic carbocycles. The summed E-state index contributed by atoms with van der Waals surface area (Å²) in [5.41, 5.74) is 2.97. The van der Waals surface area contributed by atoms with Crippen molar-refractivity contribution in [3.8, 4) is 17.2 Å². The minimum Gasteiger partial charge on any atom is -0.506 e.